The third-order valence-electron chi connectivity index (χ3n) is 3.84. The summed E-state index contributed by atoms with van der Waals surface area (Å²) in [5.74, 6) is 0.993. The van der Waals surface area contributed by atoms with Crippen molar-refractivity contribution in [1.29, 1.82) is 0 Å². The first-order valence-electron chi connectivity index (χ1n) is 6.75. The summed E-state index contributed by atoms with van der Waals surface area (Å²) in [5, 5.41) is 3.62. The zero-order valence-electron chi connectivity index (χ0n) is 11.4. The zero-order valence-corrected chi connectivity index (χ0v) is 11.4. The lowest BCUT2D eigenvalue weighted by Crippen LogP contribution is -2.30. The van der Waals surface area contributed by atoms with Crippen molar-refractivity contribution in [3.8, 4) is 5.75 Å². The second kappa shape index (κ2) is 5.06. The van der Waals surface area contributed by atoms with E-state index in [-0.39, 0.29) is 0 Å². The Balaban J connectivity index is 2.07. The molecule has 3 rings (SSSR count). The lowest BCUT2D eigenvalue weighted by molar-refractivity contribution is 0.410. The largest absolute Gasteiger partial charge is 0.496 e. The van der Waals surface area contributed by atoms with E-state index >= 15 is 0 Å². The summed E-state index contributed by atoms with van der Waals surface area (Å²) in [6, 6.07) is 15.4. The Morgan fingerprint density at radius 2 is 1.95 bits per heavy atom. The molecule has 1 N–H and O–H groups in total. The van der Waals surface area contributed by atoms with Gasteiger partial charge in [0.15, 0.2) is 0 Å². The molecule has 0 aromatic heterocycles. The Kier molecular flexibility index (Phi) is 3.26. The van der Waals surface area contributed by atoms with E-state index in [0.717, 1.165) is 18.7 Å². The third kappa shape index (κ3) is 2.24. The van der Waals surface area contributed by atoms with Crippen LogP contribution in [0.3, 0.4) is 0 Å². The van der Waals surface area contributed by atoms with E-state index in [2.05, 4.69) is 54.7 Å². The Morgan fingerprint density at radius 3 is 2.68 bits per heavy atom. The summed E-state index contributed by atoms with van der Waals surface area (Å²) >= 11 is 0. The van der Waals surface area contributed by atoms with Crippen LogP contribution >= 0.6 is 0 Å². The summed E-state index contributed by atoms with van der Waals surface area (Å²) in [7, 11) is 1.74. The Hall–Kier alpha value is -1.80. The molecule has 0 bridgehead atoms. The van der Waals surface area contributed by atoms with Crippen LogP contribution in [0.5, 0.6) is 5.75 Å². The molecule has 0 saturated heterocycles. The molecule has 2 aromatic rings. The van der Waals surface area contributed by atoms with Crippen LogP contribution in [0.15, 0.2) is 42.5 Å². The summed E-state index contributed by atoms with van der Waals surface area (Å²) in [6.07, 6.45) is 1.06. The van der Waals surface area contributed by atoms with Gasteiger partial charge in [0.05, 0.1) is 13.2 Å². The van der Waals surface area contributed by atoms with E-state index in [4.69, 9.17) is 4.74 Å². The van der Waals surface area contributed by atoms with Crippen LogP contribution in [0, 0.1) is 6.92 Å². The molecule has 1 aliphatic rings. The maximum Gasteiger partial charge on any atom is 0.122 e. The average molecular weight is 253 g/mol. The Bertz CT molecular complexity index is 577. The number of hydrogen-bond acceptors (Lipinski definition) is 2. The second-order valence-electron chi connectivity index (χ2n) is 5.07. The smallest absolute Gasteiger partial charge is 0.122 e. The van der Waals surface area contributed by atoms with Crippen molar-refractivity contribution < 1.29 is 4.74 Å². The number of rotatable bonds is 2. The van der Waals surface area contributed by atoms with E-state index in [0.29, 0.717) is 6.04 Å². The molecule has 98 valence electrons. The standard InChI is InChI=1S/C17H19NO/c1-12-10-15-14(11-16(12)19-2)8-9-18-17(15)13-6-4-3-5-7-13/h3-7,10-11,17-18H,8-9H2,1-2H3. The number of benzene rings is 2. The fraction of sp³-hybridized carbons (Fsp3) is 0.294. The van der Waals surface area contributed by atoms with Gasteiger partial charge < -0.3 is 10.1 Å². The Morgan fingerprint density at radius 1 is 1.16 bits per heavy atom. The number of hydrogen-bond donors (Lipinski definition) is 1. The summed E-state index contributed by atoms with van der Waals surface area (Å²) < 4.78 is 5.43. The third-order valence-corrected chi connectivity index (χ3v) is 3.84. The normalized spacial score (nSPS) is 17.9. The predicted molar refractivity (Wildman–Crippen MR) is 77.7 cm³/mol. The fourth-order valence-electron chi connectivity index (χ4n) is 2.86. The van der Waals surface area contributed by atoms with Gasteiger partial charge in [0, 0.05) is 6.54 Å². The fourth-order valence-corrected chi connectivity index (χ4v) is 2.86. The molecule has 0 aliphatic carbocycles. The molecule has 1 atom stereocenters. The molecule has 19 heavy (non-hydrogen) atoms. The van der Waals surface area contributed by atoms with E-state index in [1.54, 1.807) is 7.11 Å². The molecule has 0 spiro atoms. The Labute approximate surface area is 114 Å². The molecular formula is C17H19NO. The summed E-state index contributed by atoms with van der Waals surface area (Å²) in [4.78, 5) is 0. The van der Waals surface area contributed by atoms with Gasteiger partial charge in [-0.05, 0) is 41.7 Å². The van der Waals surface area contributed by atoms with Crippen molar-refractivity contribution in [1.82, 2.24) is 5.32 Å². The van der Waals surface area contributed by atoms with Crippen molar-refractivity contribution in [2.24, 2.45) is 0 Å². The second-order valence-corrected chi connectivity index (χ2v) is 5.07. The molecule has 2 aromatic carbocycles. The van der Waals surface area contributed by atoms with Crippen LogP contribution in [-0.4, -0.2) is 13.7 Å². The van der Waals surface area contributed by atoms with Gasteiger partial charge in [-0.1, -0.05) is 36.4 Å². The molecule has 0 saturated carbocycles. The van der Waals surface area contributed by atoms with Crippen molar-refractivity contribution in [3.05, 3.63) is 64.7 Å². The highest BCUT2D eigenvalue weighted by Gasteiger charge is 2.22. The lowest BCUT2D eigenvalue weighted by Gasteiger charge is -2.28. The average Bonchev–Trinajstić information content (AvgIpc) is 2.47. The van der Waals surface area contributed by atoms with Crippen molar-refractivity contribution >= 4 is 0 Å². The van der Waals surface area contributed by atoms with Gasteiger partial charge in [0.2, 0.25) is 0 Å². The van der Waals surface area contributed by atoms with Gasteiger partial charge in [-0.2, -0.15) is 0 Å². The summed E-state index contributed by atoms with van der Waals surface area (Å²) in [6.45, 7) is 3.12. The van der Waals surface area contributed by atoms with Crippen LogP contribution in [0.2, 0.25) is 0 Å². The molecule has 1 aliphatic heterocycles. The highest BCUT2D eigenvalue weighted by Crippen LogP contribution is 2.33. The van der Waals surface area contributed by atoms with Crippen LogP contribution in [-0.2, 0) is 6.42 Å². The quantitative estimate of drug-likeness (QED) is 0.887. The topological polar surface area (TPSA) is 21.3 Å². The highest BCUT2D eigenvalue weighted by molar-refractivity contribution is 5.47. The minimum atomic E-state index is 0.301. The van der Waals surface area contributed by atoms with Crippen molar-refractivity contribution in [2.75, 3.05) is 13.7 Å². The van der Waals surface area contributed by atoms with Gasteiger partial charge >= 0.3 is 0 Å². The monoisotopic (exact) mass is 253 g/mol. The van der Waals surface area contributed by atoms with Crippen molar-refractivity contribution in [2.45, 2.75) is 19.4 Å². The van der Waals surface area contributed by atoms with Crippen molar-refractivity contribution in [3.63, 3.8) is 0 Å². The zero-order chi connectivity index (χ0) is 13.2. The van der Waals surface area contributed by atoms with Gasteiger partial charge in [-0.25, -0.2) is 0 Å². The SMILES string of the molecule is COc1cc2c(cc1C)C(c1ccccc1)NCC2. The molecule has 0 fully saturated rings. The number of nitrogens with one attached hydrogen (secondary N) is 1. The molecular weight excluding hydrogens is 234 g/mol. The van der Waals surface area contributed by atoms with Gasteiger partial charge in [-0.3, -0.25) is 0 Å². The molecule has 0 radical (unpaired) electrons. The molecule has 1 heterocycles. The van der Waals surface area contributed by atoms with Gasteiger partial charge in [0.1, 0.15) is 5.75 Å². The van der Waals surface area contributed by atoms with Gasteiger partial charge in [-0.15, -0.1) is 0 Å². The number of ether oxygens (including phenoxy) is 1. The number of methoxy groups -OCH3 is 1. The lowest BCUT2D eigenvalue weighted by atomic mass is 9.88. The van der Waals surface area contributed by atoms with Crippen LogP contribution in [0.4, 0.5) is 0 Å². The maximum atomic E-state index is 5.43. The minimum Gasteiger partial charge on any atom is -0.496 e. The first-order chi connectivity index (χ1) is 9.29. The highest BCUT2D eigenvalue weighted by atomic mass is 16.5. The molecule has 1 unspecified atom stereocenters. The molecule has 2 nitrogen and oxygen atoms in total. The maximum absolute atomic E-state index is 5.43. The van der Waals surface area contributed by atoms with Crippen LogP contribution < -0.4 is 10.1 Å². The first-order valence-corrected chi connectivity index (χ1v) is 6.75. The van der Waals surface area contributed by atoms with Crippen LogP contribution in [0.25, 0.3) is 0 Å². The van der Waals surface area contributed by atoms with E-state index in [1.807, 2.05) is 0 Å². The minimum absolute atomic E-state index is 0.301. The first kappa shape index (κ1) is 12.2. The molecule has 0 amide bonds. The molecule has 2 heteroatoms. The van der Waals surface area contributed by atoms with E-state index in [9.17, 15) is 0 Å². The number of aryl methyl sites for hydroxylation is 1. The van der Waals surface area contributed by atoms with Crippen LogP contribution in [0.1, 0.15) is 28.3 Å². The number of fused-ring (bicyclic) bond motifs is 1. The summed E-state index contributed by atoms with van der Waals surface area (Å²) in [5.41, 5.74) is 5.31. The van der Waals surface area contributed by atoms with E-state index < -0.39 is 0 Å². The predicted octanol–water partition coefficient (Wildman–Crippen LogP) is 3.24. The van der Waals surface area contributed by atoms with Gasteiger partial charge in [0.25, 0.3) is 0 Å². The van der Waals surface area contributed by atoms with E-state index in [1.165, 1.54) is 22.3 Å².